The number of benzene rings is 1. The number of aliphatic hydroxyl groups excluding tert-OH is 1. The summed E-state index contributed by atoms with van der Waals surface area (Å²) in [5, 5.41) is 15.7. The number of carbonyl (C=O) groups excluding carboxylic acids is 1. The van der Waals surface area contributed by atoms with Crippen molar-refractivity contribution >= 4 is 11.6 Å². The lowest BCUT2D eigenvalue weighted by molar-refractivity contribution is -0.116. The second-order valence-electron chi connectivity index (χ2n) is 4.23. The van der Waals surface area contributed by atoms with Crippen LogP contribution in [-0.2, 0) is 4.79 Å². The zero-order valence-electron chi connectivity index (χ0n) is 10.6. The summed E-state index contributed by atoms with van der Waals surface area (Å²) in [5.74, 6) is -0.0361. The molecule has 1 aromatic heterocycles. The van der Waals surface area contributed by atoms with Crippen LogP contribution in [0.2, 0.25) is 0 Å². The average molecular weight is 259 g/mol. The molecule has 1 heterocycles. The lowest BCUT2D eigenvalue weighted by Gasteiger charge is -2.07. The van der Waals surface area contributed by atoms with Gasteiger partial charge in [-0.05, 0) is 37.1 Å². The van der Waals surface area contributed by atoms with Crippen LogP contribution in [-0.4, -0.2) is 27.4 Å². The van der Waals surface area contributed by atoms with Gasteiger partial charge in [0, 0.05) is 31.1 Å². The molecule has 2 rings (SSSR count). The molecule has 2 aromatic rings. The molecule has 0 spiro atoms. The van der Waals surface area contributed by atoms with Crippen molar-refractivity contribution < 1.29 is 9.90 Å². The van der Waals surface area contributed by atoms with Crippen LogP contribution in [0.5, 0.6) is 0 Å². The molecular formula is C14H17N3O2. The Morgan fingerprint density at radius 3 is 2.95 bits per heavy atom. The fourth-order valence-electron chi connectivity index (χ4n) is 1.77. The van der Waals surface area contributed by atoms with Gasteiger partial charge in [-0.1, -0.05) is 6.07 Å². The summed E-state index contributed by atoms with van der Waals surface area (Å²) >= 11 is 0. The maximum atomic E-state index is 11.7. The monoisotopic (exact) mass is 259 g/mol. The standard InChI is InChI=1S/C14H17N3O2/c18-10-2-1-7-14(19)16-12-5-3-6-13(11-12)17-9-4-8-15-17/h3-6,8-9,11,18H,1-2,7,10H2,(H,16,19). The van der Waals surface area contributed by atoms with Crippen molar-refractivity contribution in [3.63, 3.8) is 0 Å². The number of aliphatic hydroxyl groups is 1. The van der Waals surface area contributed by atoms with Crippen molar-refractivity contribution in [1.82, 2.24) is 9.78 Å². The molecule has 0 saturated carbocycles. The van der Waals surface area contributed by atoms with Gasteiger partial charge in [0.05, 0.1) is 5.69 Å². The van der Waals surface area contributed by atoms with Gasteiger partial charge in [0.15, 0.2) is 0 Å². The largest absolute Gasteiger partial charge is 0.396 e. The lowest BCUT2D eigenvalue weighted by Crippen LogP contribution is -2.11. The van der Waals surface area contributed by atoms with Gasteiger partial charge in [0.1, 0.15) is 0 Å². The molecule has 0 aliphatic heterocycles. The normalized spacial score (nSPS) is 10.4. The molecular weight excluding hydrogens is 242 g/mol. The number of carbonyl (C=O) groups is 1. The Kier molecular flexibility index (Phi) is 4.69. The van der Waals surface area contributed by atoms with Crippen LogP contribution < -0.4 is 5.32 Å². The highest BCUT2D eigenvalue weighted by atomic mass is 16.2. The molecule has 19 heavy (non-hydrogen) atoms. The molecule has 0 unspecified atom stereocenters. The van der Waals surface area contributed by atoms with Gasteiger partial charge in [0.2, 0.25) is 5.91 Å². The fraction of sp³-hybridized carbons (Fsp3) is 0.286. The van der Waals surface area contributed by atoms with E-state index < -0.39 is 0 Å². The summed E-state index contributed by atoms with van der Waals surface area (Å²) in [6.45, 7) is 0.127. The SMILES string of the molecule is O=C(CCCCO)Nc1cccc(-n2cccn2)c1. The Balaban J connectivity index is 1.97. The number of hydrogen-bond acceptors (Lipinski definition) is 3. The summed E-state index contributed by atoms with van der Waals surface area (Å²) in [7, 11) is 0. The second-order valence-corrected chi connectivity index (χ2v) is 4.23. The van der Waals surface area contributed by atoms with E-state index in [4.69, 9.17) is 5.11 Å². The second kappa shape index (κ2) is 6.70. The Bertz CT molecular complexity index is 523. The van der Waals surface area contributed by atoms with E-state index in [1.54, 1.807) is 10.9 Å². The number of amides is 1. The molecule has 5 heteroatoms. The predicted molar refractivity (Wildman–Crippen MR) is 73.1 cm³/mol. The minimum absolute atomic E-state index is 0.0361. The summed E-state index contributed by atoms with van der Waals surface area (Å²) < 4.78 is 1.74. The maximum absolute atomic E-state index is 11.7. The third kappa shape index (κ3) is 3.93. The summed E-state index contributed by atoms with van der Waals surface area (Å²) in [6.07, 6.45) is 5.33. The Hall–Kier alpha value is -2.14. The Morgan fingerprint density at radius 2 is 2.21 bits per heavy atom. The zero-order valence-corrected chi connectivity index (χ0v) is 10.6. The minimum atomic E-state index is -0.0361. The van der Waals surface area contributed by atoms with Gasteiger partial charge >= 0.3 is 0 Å². The Labute approximate surface area is 111 Å². The summed E-state index contributed by atoms with van der Waals surface area (Å²) in [6, 6.07) is 9.36. The van der Waals surface area contributed by atoms with Crippen LogP contribution >= 0.6 is 0 Å². The van der Waals surface area contributed by atoms with E-state index in [9.17, 15) is 4.79 Å². The van der Waals surface area contributed by atoms with E-state index in [0.717, 1.165) is 11.4 Å². The number of rotatable bonds is 6. The third-order valence-corrected chi connectivity index (χ3v) is 2.71. The predicted octanol–water partition coefficient (Wildman–Crippen LogP) is 1.97. The van der Waals surface area contributed by atoms with Gasteiger partial charge in [0.25, 0.3) is 0 Å². The fourth-order valence-corrected chi connectivity index (χ4v) is 1.77. The van der Waals surface area contributed by atoms with Crippen molar-refractivity contribution in [2.24, 2.45) is 0 Å². The smallest absolute Gasteiger partial charge is 0.224 e. The number of hydrogen-bond donors (Lipinski definition) is 2. The molecule has 0 aliphatic rings. The van der Waals surface area contributed by atoms with Crippen LogP contribution in [0.3, 0.4) is 0 Å². The highest BCUT2D eigenvalue weighted by Crippen LogP contribution is 2.14. The maximum Gasteiger partial charge on any atom is 0.224 e. The highest BCUT2D eigenvalue weighted by Gasteiger charge is 2.03. The highest BCUT2D eigenvalue weighted by molar-refractivity contribution is 5.90. The number of anilines is 1. The average Bonchev–Trinajstić information content (AvgIpc) is 2.93. The number of aromatic nitrogens is 2. The Morgan fingerprint density at radius 1 is 1.32 bits per heavy atom. The lowest BCUT2D eigenvalue weighted by atomic mass is 10.2. The van der Waals surface area contributed by atoms with E-state index >= 15 is 0 Å². The summed E-state index contributed by atoms with van der Waals surface area (Å²) in [4.78, 5) is 11.7. The molecule has 0 fully saturated rings. The topological polar surface area (TPSA) is 67.2 Å². The molecule has 2 N–H and O–H groups in total. The molecule has 1 aromatic carbocycles. The van der Waals surface area contributed by atoms with Gasteiger partial charge < -0.3 is 10.4 Å². The van der Waals surface area contributed by atoms with E-state index in [1.807, 2.05) is 36.5 Å². The molecule has 5 nitrogen and oxygen atoms in total. The minimum Gasteiger partial charge on any atom is -0.396 e. The van der Waals surface area contributed by atoms with E-state index in [0.29, 0.717) is 19.3 Å². The molecule has 0 aliphatic carbocycles. The van der Waals surface area contributed by atoms with Crippen LogP contribution in [0.25, 0.3) is 5.69 Å². The number of nitrogens with zero attached hydrogens (tertiary/aromatic N) is 2. The molecule has 1 amide bonds. The van der Waals surface area contributed by atoms with Gasteiger partial charge in [-0.2, -0.15) is 5.10 Å². The van der Waals surface area contributed by atoms with Crippen molar-refractivity contribution in [2.45, 2.75) is 19.3 Å². The first kappa shape index (κ1) is 13.3. The van der Waals surface area contributed by atoms with Crippen LogP contribution in [0.1, 0.15) is 19.3 Å². The molecule has 0 radical (unpaired) electrons. The third-order valence-electron chi connectivity index (χ3n) is 2.71. The molecule has 0 saturated heterocycles. The molecule has 100 valence electrons. The van der Waals surface area contributed by atoms with Crippen molar-refractivity contribution in [3.8, 4) is 5.69 Å². The molecule has 0 atom stereocenters. The van der Waals surface area contributed by atoms with Gasteiger partial charge in [-0.15, -0.1) is 0 Å². The first-order chi connectivity index (χ1) is 9.29. The number of nitrogens with one attached hydrogen (secondary N) is 1. The van der Waals surface area contributed by atoms with Crippen LogP contribution in [0.15, 0.2) is 42.7 Å². The van der Waals surface area contributed by atoms with Crippen LogP contribution in [0, 0.1) is 0 Å². The van der Waals surface area contributed by atoms with E-state index in [2.05, 4.69) is 10.4 Å². The van der Waals surface area contributed by atoms with Gasteiger partial charge in [-0.3, -0.25) is 4.79 Å². The van der Waals surface area contributed by atoms with Gasteiger partial charge in [-0.25, -0.2) is 4.68 Å². The van der Waals surface area contributed by atoms with E-state index in [-0.39, 0.29) is 12.5 Å². The first-order valence-corrected chi connectivity index (χ1v) is 6.30. The number of unbranched alkanes of at least 4 members (excludes halogenated alkanes) is 1. The van der Waals surface area contributed by atoms with E-state index in [1.165, 1.54) is 0 Å². The van der Waals surface area contributed by atoms with Crippen molar-refractivity contribution in [3.05, 3.63) is 42.7 Å². The van der Waals surface area contributed by atoms with Crippen LogP contribution in [0.4, 0.5) is 5.69 Å². The quantitative estimate of drug-likeness (QED) is 0.779. The first-order valence-electron chi connectivity index (χ1n) is 6.30. The van der Waals surface area contributed by atoms with Crippen molar-refractivity contribution in [1.29, 1.82) is 0 Å². The molecule has 0 bridgehead atoms. The van der Waals surface area contributed by atoms with Crippen molar-refractivity contribution in [2.75, 3.05) is 11.9 Å². The zero-order chi connectivity index (χ0) is 13.5. The summed E-state index contributed by atoms with van der Waals surface area (Å²) in [5.41, 5.74) is 1.65.